The third kappa shape index (κ3) is 4.48. The molecule has 0 spiro atoms. The van der Waals surface area contributed by atoms with Crippen LogP contribution in [0.25, 0.3) is 0 Å². The summed E-state index contributed by atoms with van der Waals surface area (Å²) in [6.07, 6.45) is 0.368. The fraction of sp³-hybridized carbons (Fsp3) is 0.364. The molecule has 0 aromatic heterocycles. The molecule has 0 saturated carbocycles. The van der Waals surface area contributed by atoms with Crippen LogP contribution in [0.1, 0.15) is 27.9 Å². The van der Waals surface area contributed by atoms with E-state index in [2.05, 4.69) is 19.1 Å². The molecule has 2 aromatic carbocycles. The summed E-state index contributed by atoms with van der Waals surface area (Å²) in [5, 5.41) is 0. The molecular formula is C22H27N3O2. The van der Waals surface area contributed by atoms with E-state index in [1.165, 1.54) is 5.56 Å². The number of aryl methyl sites for hydroxylation is 1. The van der Waals surface area contributed by atoms with E-state index in [1.807, 2.05) is 60.3 Å². The molecule has 2 aromatic rings. The number of nitrogens with zero attached hydrogens (tertiary/aromatic N) is 3. The summed E-state index contributed by atoms with van der Waals surface area (Å²) in [5.74, 6) is 0.0994. The van der Waals surface area contributed by atoms with Gasteiger partial charge in [0.05, 0.1) is 0 Å². The molecule has 1 aliphatic heterocycles. The van der Waals surface area contributed by atoms with Crippen LogP contribution in [0.2, 0.25) is 0 Å². The Hall–Kier alpha value is -2.82. The van der Waals surface area contributed by atoms with Crippen molar-refractivity contribution in [3.05, 3.63) is 65.2 Å². The lowest BCUT2D eigenvalue weighted by molar-refractivity contribution is -0.130. The summed E-state index contributed by atoms with van der Waals surface area (Å²) in [7, 11) is 3.94. The largest absolute Gasteiger partial charge is 0.378 e. The Morgan fingerprint density at radius 1 is 1.00 bits per heavy atom. The van der Waals surface area contributed by atoms with Gasteiger partial charge in [-0.15, -0.1) is 0 Å². The van der Waals surface area contributed by atoms with Crippen LogP contribution in [-0.2, 0) is 11.3 Å². The highest BCUT2D eigenvalue weighted by atomic mass is 16.2. The number of amides is 2. The van der Waals surface area contributed by atoms with Crippen LogP contribution in [0.5, 0.6) is 0 Å². The molecule has 2 amide bonds. The maximum Gasteiger partial charge on any atom is 0.253 e. The second-order valence-electron chi connectivity index (χ2n) is 7.23. The summed E-state index contributed by atoms with van der Waals surface area (Å²) in [6.45, 7) is 4.26. The fourth-order valence-electron chi connectivity index (χ4n) is 3.31. The van der Waals surface area contributed by atoms with Crippen molar-refractivity contribution >= 4 is 17.5 Å². The molecule has 0 aliphatic carbocycles. The lowest BCUT2D eigenvalue weighted by Crippen LogP contribution is -2.35. The number of anilines is 1. The van der Waals surface area contributed by atoms with Gasteiger partial charge in [-0.2, -0.15) is 0 Å². The molecule has 5 heteroatoms. The number of rotatable bonds is 4. The first kappa shape index (κ1) is 19.0. The number of carbonyl (C=O) groups is 2. The van der Waals surface area contributed by atoms with E-state index in [4.69, 9.17) is 0 Å². The van der Waals surface area contributed by atoms with Gasteiger partial charge in [0, 0.05) is 57.9 Å². The Labute approximate surface area is 161 Å². The number of benzene rings is 2. The molecule has 0 unspecified atom stereocenters. The van der Waals surface area contributed by atoms with Crippen molar-refractivity contribution < 1.29 is 9.59 Å². The van der Waals surface area contributed by atoms with Gasteiger partial charge in [-0.1, -0.05) is 24.3 Å². The van der Waals surface area contributed by atoms with Crippen molar-refractivity contribution in [3.63, 3.8) is 0 Å². The van der Waals surface area contributed by atoms with E-state index < -0.39 is 0 Å². The van der Waals surface area contributed by atoms with Crippen LogP contribution >= 0.6 is 0 Å². The Morgan fingerprint density at radius 2 is 1.70 bits per heavy atom. The summed E-state index contributed by atoms with van der Waals surface area (Å²) in [5.41, 5.74) is 4.07. The predicted octanol–water partition coefficient (Wildman–Crippen LogP) is 2.94. The van der Waals surface area contributed by atoms with Gasteiger partial charge in [0.25, 0.3) is 5.91 Å². The second-order valence-corrected chi connectivity index (χ2v) is 7.23. The zero-order valence-electron chi connectivity index (χ0n) is 16.3. The quantitative estimate of drug-likeness (QED) is 0.837. The molecule has 0 atom stereocenters. The minimum Gasteiger partial charge on any atom is -0.378 e. The summed E-state index contributed by atoms with van der Waals surface area (Å²) >= 11 is 0. The summed E-state index contributed by atoms with van der Waals surface area (Å²) < 4.78 is 0. The Bertz CT molecular complexity index is 815. The van der Waals surface area contributed by atoms with Crippen LogP contribution in [0.4, 0.5) is 5.69 Å². The van der Waals surface area contributed by atoms with Crippen molar-refractivity contribution in [2.75, 3.05) is 38.6 Å². The highest BCUT2D eigenvalue weighted by Crippen LogP contribution is 2.17. The second kappa shape index (κ2) is 8.25. The molecule has 27 heavy (non-hydrogen) atoms. The van der Waals surface area contributed by atoms with Crippen molar-refractivity contribution in [1.29, 1.82) is 0 Å². The molecule has 1 aliphatic rings. The van der Waals surface area contributed by atoms with Crippen molar-refractivity contribution in [3.8, 4) is 0 Å². The molecule has 1 heterocycles. The van der Waals surface area contributed by atoms with Gasteiger partial charge >= 0.3 is 0 Å². The highest BCUT2D eigenvalue weighted by Gasteiger charge is 2.24. The molecule has 1 fully saturated rings. The van der Waals surface area contributed by atoms with Crippen LogP contribution in [0.3, 0.4) is 0 Å². The van der Waals surface area contributed by atoms with Crippen LogP contribution in [-0.4, -0.2) is 55.3 Å². The third-order valence-electron chi connectivity index (χ3n) is 5.13. The van der Waals surface area contributed by atoms with Crippen LogP contribution < -0.4 is 4.90 Å². The lowest BCUT2D eigenvalue weighted by Gasteiger charge is -2.23. The standard InChI is InChI=1S/C22H27N3O2/c1-17-6-4-5-7-19(17)16-25-15-14-24(13-12-21(25)26)22(27)18-8-10-20(11-9-18)23(2)3/h4-11H,12-16H2,1-3H3. The van der Waals surface area contributed by atoms with Gasteiger partial charge in [-0.3, -0.25) is 9.59 Å². The van der Waals surface area contributed by atoms with E-state index in [9.17, 15) is 9.59 Å². The van der Waals surface area contributed by atoms with Gasteiger partial charge in [0.15, 0.2) is 0 Å². The maximum atomic E-state index is 12.8. The molecule has 0 radical (unpaired) electrons. The van der Waals surface area contributed by atoms with Crippen molar-refractivity contribution in [2.45, 2.75) is 19.9 Å². The number of carbonyl (C=O) groups excluding carboxylic acids is 2. The van der Waals surface area contributed by atoms with E-state index in [-0.39, 0.29) is 11.8 Å². The highest BCUT2D eigenvalue weighted by molar-refractivity contribution is 5.95. The smallest absolute Gasteiger partial charge is 0.253 e. The van der Waals surface area contributed by atoms with Gasteiger partial charge in [-0.05, 0) is 42.3 Å². The molecule has 1 saturated heterocycles. The zero-order chi connectivity index (χ0) is 19.4. The van der Waals surface area contributed by atoms with Gasteiger partial charge < -0.3 is 14.7 Å². The Kier molecular flexibility index (Phi) is 5.79. The maximum absolute atomic E-state index is 12.8. The van der Waals surface area contributed by atoms with Crippen molar-refractivity contribution in [2.24, 2.45) is 0 Å². The van der Waals surface area contributed by atoms with E-state index in [0.717, 1.165) is 11.3 Å². The summed E-state index contributed by atoms with van der Waals surface area (Å²) in [4.78, 5) is 31.0. The third-order valence-corrected chi connectivity index (χ3v) is 5.13. The van der Waals surface area contributed by atoms with E-state index in [1.54, 1.807) is 4.90 Å². The monoisotopic (exact) mass is 365 g/mol. The average molecular weight is 365 g/mol. The average Bonchev–Trinajstić information content (AvgIpc) is 2.85. The minimum absolute atomic E-state index is 0.00847. The normalized spacial score (nSPS) is 14.9. The molecule has 142 valence electrons. The topological polar surface area (TPSA) is 43.9 Å². The zero-order valence-corrected chi connectivity index (χ0v) is 16.3. The van der Waals surface area contributed by atoms with Gasteiger partial charge in [0.2, 0.25) is 5.91 Å². The van der Waals surface area contributed by atoms with E-state index >= 15 is 0 Å². The molecular weight excluding hydrogens is 338 g/mol. The minimum atomic E-state index is -0.00847. The molecule has 0 bridgehead atoms. The molecule has 0 N–H and O–H groups in total. The number of hydrogen-bond donors (Lipinski definition) is 0. The van der Waals surface area contributed by atoms with Crippen molar-refractivity contribution in [1.82, 2.24) is 9.80 Å². The van der Waals surface area contributed by atoms with Gasteiger partial charge in [0.1, 0.15) is 0 Å². The van der Waals surface area contributed by atoms with Crippen LogP contribution in [0, 0.1) is 6.92 Å². The van der Waals surface area contributed by atoms with Crippen LogP contribution in [0.15, 0.2) is 48.5 Å². The predicted molar refractivity (Wildman–Crippen MR) is 108 cm³/mol. The van der Waals surface area contributed by atoms with E-state index in [0.29, 0.717) is 38.2 Å². The SMILES string of the molecule is Cc1ccccc1CN1CCN(C(=O)c2ccc(N(C)C)cc2)CCC1=O. The first-order valence-electron chi connectivity index (χ1n) is 9.34. The van der Waals surface area contributed by atoms with Gasteiger partial charge in [-0.25, -0.2) is 0 Å². The first-order valence-corrected chi connectivity index (χ1v) is 9.34. The fourth-order valence-corrected chi connectivity index (χ4v) is 3.31. The molecule has 5 nitrogen and oxygen atoms in total. The molecule has 3 rings (SSSR count). The Balaban J connectivity index is 1.67. The lowest BCUT2D eigenvalue weighted by atomic mass is 10.1. The first-order chi connectivity index (χ1) is 13.0. The number of hydrogen-bond acceptors (Lipinski definition) is 3. The summed E-state index contributed by atoms with van der Waals surface area (Å²) in [6, 6.07) is 15.7. The Morgan fingerprint density at radius 3 is 2.37 bits per heavy atom.